The molecule has 0 radical (unpaired) electrons. The van der Waals surface area contributed by atoms with Crippen LogP contribution in [0.2, 0.25) is 10.0 Å². The molecule has 0 aromatic heterocycles. The number of carbonyl (C=O) groups is 3. The zero-order valence-corrected chi connectivity index (χ0v) is 18.4. The van der Waals surface area contributed by atoms with E-state index in [4.69, 9.17) is 37.3 Å². The van der Waals surface area contributed by atoms with Gasteiger partial charge in [0.2, 0.25) is 12.7 Å². The second-order valence-corrected chi connectivity index (χ2v) is 8.39. The highest BCUT2D eigenvalue weighted by molar-refractivity contribution is 6.53. The Morgan fingerprint density at radius 2 is 1.97 bits per heavy atom. The first-order valence-corrected chi connectivity index (χ1v) is 9.88. The number of esters is 2. The average molecular weight is 459 g/mol. The topological polar surface area (TPSA) is 120 Å². The summed E-state index contributed by atoms with van der Waals surface area (Å²) in [5.41, 5.74) is -0.553. The summed E-state index contributed by atoms with van der Waals surface area (Å²) in [4.78, 5) is 47.3. The third-order valence-corrected chi connectivity index (χ3v) is 5.08. The lowest BCUT2D eigenvalue weighted by atomic mass is 9.68. The van der Waals surface area contributed by atoms with E-state index in [0.717, 1.165) is 0 Å². The molecule has 2 rings (SSSR count). The van der Waals surface area contributed by atoms with Crippen molar-refractivity contribution >= 4 is 48.1 Å². The summed E-state index contributed by atoms with van der Waals surface area (Å²) in [6, 6.07) is 1.23. The minimum Gasteiger partial charge on any atom is -0.536 e. The summed E-state index contributed by atoms with van der Waals surface area (Å²) in [6.45, 7) is 6.00. The van der Waals surface area contributed by atoms with E-state index in [-0.39, 0.29) is 40.1 Å². The molecule has 0 aliphatic carbocycles. The van der Waals surface area contributed by atoms with Crippen molar-refractivity contribution in [3.05, 3.63) is 32.1 Å². The van der Waals surface area contributed by atoms with Crippen molar-refractivity contribution in [2.24, 2.45) is 10.5 Å². The number of halogens is 2. The van der Waals surface area contributed by atoms with Crippen molar-refractivity contribution in [1.29, 1.82) is 0 Å². The van der Waals surface area contributed by atoms with E-state index in [0.29, 0.717) is 5.56 Å². The maximum Gasteiger partial charge on any atom is 0.570 e. The van der Waals surface area contributed by atoms with Gasteiger partial charge in [0.15, 0.2) is 0 Å². The second kappa shape index (κ2) is 9.66. The van der Waals surface area contributed by atoms with Crippen LogP contribution >= 0.6 is 23.2 Å². The van der Waals surface area contributed by atoms with Gasteiger partial charge in [-0.1, -0.05) is 35.2 Å². The fraction of sp³-hybridized carbons (Fsp3) is 0.500. The first-order chi connectivity index (χ1) is 14.0. The number of nitrogens with one attached hydrogen (secondary N) is 1. The molecule has 12 heteroatoms. The third-order valence-electron chi connectivity index (χ3n) is 4.25. The molecule has 9 nitrogen and oxygen atoms in total. The van der Waals surface area contributed by atoms with Gasteiger partial charge in [0.1, 0.15) is 11.3 Å². The van der Waals surface area contributed by atoms with Crippen LogP contribution in [0.3, 0.4) is 0 Å². The molecule has 0 spiro atoms. The maximum atomic E-state index is 12.5. The third kappa shape index (κ3) is 5.43. The van der Waals surface area contributed by atoms with Crippen molar-refractivity contribution in [1.82, 2.24) is 5.32 Å². The summed E-state index contributed by atoms with van der Waals surface area (Å²) < 4.78 is 15.5. The predicted octanol–water partition coefficient (Wildman–Crippen LogP) is 3.32. The number of rotatable bonds is 6. The largest absolute Gasteiger partial charge is 0.570 e. The van der Waals surface area contributed by atoms with Gasteiger partial charge in [-0.3, -0.25) is 9.59 Å². The fourth-order valence-electron chi connectivity index (χ4n) is 2.61. The van der Waals surface area contributed by atoms with Crippen LogP contribution < -0.4 is 9.97 Å². The summed E-state index contributed by atoms with van der Waals surface area (Å²) in [5, 5.41) is 5.69. The van der Waals surface area contributed by atoms with E-state index in [1.54, 1.807) is 27.7 Å². The molecule has 1 N–H and O–H groups in total. The molecule has 0 saturated carbocycles. The number of fused-ring (bicyclic) bond motifs is 1. The van der Waals surface area contributed by atoms with Crippen molar-refractivity contribution < 1.29 is 28.5 Å². The molecule has 1 atom stereocenters. The molecule has 1 heterocycles. The van der Waals surface area contributed by atoms with Crippen molar-refractivity contribution in [2.45, 2.75) is 46.5 Å². The molecule has 1 aliphatic heterocycles. The van der Waals surface area contributed by atoms with E-state index in [1.807, 2.05) is 0 Å². The summed E-state index contributed by atoms with van der Waals surface area (Å²) in [5.74, 6) is -2.56. The quantitative estimate of drug-likeness (QED) is 0.300. The fourth-order valence-corrected chi connectivity index (χ4v) is 3.05. The minimum atomic E-state index is -1.28. The first kappa shape index (κ1) is 23.9. The van der Waals surface area contributed by atoms with Gasteiger partial charge in [-0.25, -0.2) is 4.79 Å². The first-order valence-electron chi connectivity index (χ1n) is 9.13. The number of amides is 1. The Labute approximate surface area is 183 Å². The molecular weight excluding hydrogens is 438 g/mol. The summed E-state index contributed by atoms with van der Waals surface area (Å²) in [7, 11) is -1.28. The maximum absolute atomic E-state index is 12.5. The highest BCUT2D eigenvalue weighted by Gasteiger charge is 2.42. The van der Waals surface area contributed by atoms with Gasteiger partial charge in [-0.2, -0.15) is 4.91 Å². The molecule has 0 saturated heterocycles. The van der Waals surface area contributed by atoms with Gasteiger partial charge < -0.3 is 19.4 Å². The molecule has 1 amide bonds. The van der Waals surface area contributed by atoms with Crippen molar-refractivity contribution in [3.8, 4) is 5.75 Å². The highest BCUT2D eigenvalue weighted by Crippen LogP contribution is 2.40. The number of hydrogen-bond acceptors (Lipinski definition) is 8. The van der Waals surface area contributed by atoms with Crippen LogP contribution in [-0.4, -0.2) is 37.6 Å². The van der Waals surface area contributed by atoms with Crippen LogP contribution in [0.4, 0.5) is 0 Å². The zero-order chi connectivity index (χ0) is 22.6. The van der Waals surface area contributed by atoms with E-state index in [9.17, 15) is 19.3 Å². The Kier molecular flexibility index (Phi) is 7.71. The Balaban J connectivity index is 2.27. The van der Waals surface area contributed by atoms with Crippen molar-refractivity contribution in [2.75, 3.05) is 6.79 Å². The van der Waals surface area contributed by atoms with Gasteiger partial charge in [-0.15, -0.1) is 0 Å². The lowest BCUT2D eigenvalue weighted by molar-refractivity contribution is -0.161. The second-order valence-electron chi connectivity index (χ2n) is 7.60. The zero-order valence-electron chi connectivity index (χ0n) is 16.9. The van der Waals surface area contributed by atoms with Crippen LogP contribution in [0, 0.1) is 10.3 Å². The Morgan fingerprint density at radius 3 is 2.53 bits per heavy atom. The minimum absolute atomic E-state index is 0.0249. The monoisotopic (exact) mass is 458 g/mol. The molecule has 1 aliphatic rings. The molecule has 1 aromatic carbocycles. The molecule has 30 heavy (non-hydrogen) atoms. The van der Waals surface area contributed by atoms with Crippen LogP contribution in [0.15, 0.2) is 11.2 Å². The number of nitrogens with zero attached hydrogens (tertiary/aromatic N) is 1. The standard InChI is InChI=1S/C18H21BCl2N2O7/c1-5-13(24)22-12-7-9-14(21)11(20)6-10(15(9)30-19(12)23-27)16(25)28-8-29-17(26)18(2,3)4/h6,12H,5,7-8H2,1-4H3,(H,22,24)/t12-/m0/s1. The molecule has 0 fully saturated rings. The van der Waals surface area contributed by atoms with Gasteiger partial charge >= 0.3 is 19.0 Å². The van der Waals surface area contributed by atoms with E-state index < -0.39 is 37.1 Å². The van der Waals surface area contributed by atoms with E-state index in [2.05, 4.69) is 10.4 Å². The normalized spacial score (nSPS) is 15.5. The average Bonchev–Trinajstić information content (AvgIpc) is 2.69. The Hall–Kier alpha value is -2.33. The molecular formula is C18H21BCl2N2O7. The molecule has 0 bridgehead atoms. The highest BCUT2D eigenvalue weighted by atomic mass is 35.5. The summed E-state index contributed by atoms with van der Waals surface area (Å²) in [6.07, 6.45) is 0.263. The van der Waals surface area contributed by atoms with Gasteiger partial charge in [0, 0.05) is 12.0 Å². The van der Waals surface area contributed by atoms with Crippen LogP contribution in [-0.2, 0) is 25.5 Å². The van der Waals surface area contributed by atoms with E-state index in [1.165, 1.54) is 6.07 Å². The van der Waals surface area contributed by atoms with Crippen molar-refractivity contribution in [3.63, 3.8) is 0 Å². The molecule has 1 aromatic rings. The molecule has 0 unspecified atom stereocenters. The number of carbonyl (C=O) groups excluding carboxylic acids is 3. The SMILES string of the molecule is CCC(=O)N[C@H]1Cc2c(Cl)c(Cl)cc(C(=O)OCOC(=O)C(C)(C)C)c2OB1N=O. The van der Waals surface area contributed by atoms with Crippen LogP contribution in [0.5, 0.6) is 5.75 Å². The Bertz CT molecular complexity index is 873. The lowest BCUT2D eigenvalue weighted by Crippen LogP contribution is -2.52. The van der Waals surface area contributed by atoms with Crippen LogP contribution in [0.25, 0.3) is 0 Å². The smallest absolute Gasteiger partial charge is 0.536 e. The molecule has 162 valence electrons. The Morgan fingerprint density at radius 1 is 1.30 bits per heavy atom. The lowest BCUT2D eigenvalue weighted by Gasteiger charge is -2.29. The number of hydrogen-bond donors (Lipinski definition) is 1. The number of benzene rings is 1. The number of ether oxygens (including phenoxy) is 2. The van der Waals surface area contributed by atoms with Gasteiger partial charge in [0.05, 0.1) is 21.4 Å². The van der Waals surface area contributed by atoms with E-state index >= 15 is 0 Å². The number of nitroso groups, excluding NO2 is 1. The summed E-state index contributed by atoms with van der Waals surface area (Å²) >= 11 is 12.4. The van der Waals surface area contributed by atoms with Crippen LogP contribution in [0.1, 0.15) is 50.0 Å². The van der Waals surface area contributed by atoms with Gasteiger partial charge in [0.25, 0.3) is 0 Å². The van der Waals surface area contributed by atoms with Gasteiger partial charge in [-0.05, 0) is 33.3 Å². The predicted molar refractivity (Wildman–Crippen MR) is 110 cm³/mol.